The van der Waals surface area contributed by atoms with E-state index in [0.717, 1.165) is 46.8 Å². The number of halogens is 1. The molecular weight excluding hydrogens is 392 g/mol. The van der Waals surface area contributed by atoms with Crippen LogP contribution in [0.5, 0.6) is 5.75 Å². The van der Waals surface area contributed by atoms with E-state index in [2.05, 4.69) is 57.2 Å². The molecule has 0 bridgehead atoms. The van der Waals surface area contributed by atoms with Crippen molar-refractivity contribution >= 4 is 21.7 Å². The minimum absolute atomic E-state index is 0.257. The second kappa shape index (κ2) is 7.16. The van der Waals surface area contributed by atoms with E-state index >= 15 is 0 Å². The summed E-state index contributed by atoms with van der Waals surface area (Å²) in [7, 11) is 1.67. The molecule has 134 valence electrons. The van der Waals surface area contributed by atoms with Crippen molar-refractivity contribution in [3.8, 4) is 17.1 Å². The first-order valence-corrected chi connectivity index (χ1v) is 9.62. The molecule has 0 spiro atoms. The van der Waals surface area contributed by atoms with Gasteiger partial charge in [0.2, 0.25) is 0 Å². The van der Waals surface area contributed by atoms with Gasteiger partial charge in [0.05, 0.1) is 17.6 Å². The Morgan fingerprint density at radius 3 is 2.77 bits per heavy atom. The summed E-state index contributed by atoms with van der Waals surface area (Å²) in [6.45, 7) is 3.21. The van der Waals surface area contributed by atoms with E-state index in [1.54, 1.807) is 7.11 Å². The highest BCUT2D eigenvalue weighted by Crippen LogP contribution is 2.40. The van der Waals surface area contributed by atoms with Gasteiger partial charge in [-0.05, 0) is 59.5 Å². The maximum Gasteiger partial charge on any atom is 0.176 e. The molecule has 0 amide bonds. The molecule has 0 aliphatic carbocycles. The zero-order valence-corrected chi connectivity index (χ0v) is 16.5. The SMILES string of the molecule is COc1cc(-c2onc3c2CCCN3[C@@H](C)c2ccccc2)ccc1Br. The van der Waals surface area contributed by atoms with Gasteiger partial charge >= 0.3 is 0 Å². The summed E-state index contributed by atoms with van der Waals surface area (Å²) in [5, 5.41) is 4.44. The third-order valence-corrected chi connectivity index (χ3v) is 5.68. The lowest BCUT2D eigenvalue weighted by molar-refractivity contribution is 0.410. The lowest BCUT2D eigenvalue weighted by Gasteiger charge is -2.33. The van der Waals surface area contributed by atoms with E-state index in [1.165, 1.54) is 11.1 Å². The average Bonchev–Trinajstić information content (AvgIpc) is 3.13. The number of hydrogen-bond donors (Lipinski definition) is 0. The standard InChI is InChI=1S/C21H21BrN2O2/c1-14(15-7-4-3-5-8-15)24-12-6-9-17-20(26-23-21(17)24)16-10-11-18(22)19(13-16)25-2/h3-5,7-8,10-11,13-14H,6,9,12H2,1-2H3/t14-/m0/s1. The van der Waals surface area contributed by atoms with Crippen LogP contribution in [0, 0.1) is 0 Å². The quantitative estimate of drug-likeness (QED) is 0.556. The number of nitrogens with zero attached hydrogens (tertiary/aromatic N) is 2. The lowest BCUT2D eigenvalue weighted by Crippen LogP contribution is -2.32. The number of fused-ring (bicyclic) bond motifs is 1. The zero-order valence-electron chi connectivity index (χ0n) is 14.9. The van der Waals surface area contributed by atoms with Crippen LogP contribution in [-0.2, 0) is 6.42 Å². The molecule has 4 rings (SSSR count). The van der Waals surface area contributed by atoms with Crippen LogP contribution in [0.15, 0.2) is 57.5 Å². The molecule has 2 heterocycles. The molecule has 0 saturated heterocycles. The molecule has 26 heavy (non-hydrogen) atoms. The summed E-state index contributed by atoms with van der Waals surface area (Å²) in [6, 6.07) is 16.8. The smallest absolute Gasteiger partial charge is 0.176 e. The van der Waals surface area contributed by atoms with Crippen molar-refractivity contribution in [1.29, 1.82) is 0 Å². The minimum atomic E-state index is 0.257. The normalized spacial score (nSPS) is 14.8. The molecule has 1 aliphatic rings. The van der Waals surface area contributed by atoms with Crippen LogP contribution in [0.4, 0.5) is 5.82 Å². The predicted molar refractivity (Wildman–Crippen MR) is 107 cm³/mol. The minimum Gasteiger partial charge on any atom is -0.496 e. The first kappa shape index (κ1) is 17.2. The van der Waals surface area contributed by atoms with Gasteiger partial charge in [-0.25, -0.2) is 0 Å². The molecular formula is C21H21BrN2O2. The van der Waals surface area contributed by atoms with Crippen molar-refractivity contribution in [2.24, 2.45) is 0 Å². The van der Waals surface area contributed by atoms with Gasteiger partial charge in [-0.3, -0.25) is 0 Å². The molecule has 3 aromatic rings. The van der Waals surface area contributed by atoms with Crippen LogP contribution in [0.2, 0.25) is 0 Å². The van der Waals surface area contributed by atoms with Crippen molar-refractivity contribution < 1.29 is 9.26 Å². The van der Waals surface area contributed by atoms with E-state index < -0.39 is 0 Å². The van der Waals surface area contributed by atoms with Crippen molar-refractivity contribution in [2.75, 3.05) is 18.6 Å². The first-order chi connectivity index (χ1) is 12.7. The summed E-state index contributed by atoms with van der Waals surface area (Å²) in [5.41, 5.74) is 3.46. The van der Waals surface area contributed by atoms with Gasteiger partial charge in [0.25, 0.3) is 0 Å². The highest BCUT2D eigenvalue weighted by molar-refractivity contribution is 9.10. The van der Waals surface area contributed by atoms with E-state index in [4.69, 9.17) is 9.26 Å². The Morgan fingerprint density at radius 2 is 2.00 bits per heavy atom. The number of anilines is 1. The van der Waals surface area contributed by atoms with Crippen LogP contribution in [0.1, 0.15) is 30.5 Å². The molecule has 0 radical (unpaired) electrons. The van der Waals surface area contributed by atoms with Crippen molar-refractivity contribution in [1.82, 2.24) is 5.16 Å². The maximum absolute atomic E-state index is 5.80. The van der Waals surface area contributed by atoms with E-state index in [-0.39, 0.29) is 6.04 Å². The molecule has 0 fully saturated rings. The second-order valence-corrected chi connectivity index (χ2v) is 7.40. The number of rotatable bonds is 4. The van der Waals surface area contributed by atoms with E-state index in [0.29, 0.717) is 0 Å². The molecule has 2 aromatic carbocycles. The number of aromatic nitrogens is 1. The molecule has 0 unspecified atom stereocenters. The highest BCUT2D eigenvalue weighted by atomic mass is 79.9. The molecule has 0 saturated carbocycles. The first-order valence-electron chi connectivity index (χ1n) is 8.83. The fraction of sp³-hybridized carbons (Fsp3) is 0.286. The van der Waals surface area contributed by atoms with Crippen molar-refractivity contribution in [3.63, 3.8) is 0 Å². The Balaban J connectivity index is 1.71. The van der Waals surface area contributed by atoms with Crippen LogP contribution in [0.3, 0.4) is 0 Å². The Kier molecular flexibility index (Phi) is 4.72. The number of ether oxygens (including phenoxy) is 1. The molecule has 1 aromatic heterocycles. The predicted octanol–water partition coefficient (Wildman–Crippen LogP) is 5.63. The Labute approximate surface area is 161 Å². The summed E-state index contributed by atoms with van der Waals surface area (Å²) in [4.78, 5) is 2.34. The largest absolute Gasteiger partial charge is 0.496 e. The highest BCUT2D eigenvalue weighted by Gasteiger charge is 2.29. The lowest BCUT2D eigenvalue weighted by atomic mass is 9.98. The summed E-state index contributed by atoms with van der Waals surface area (Å²) in [5.74, 6) is 2.60. The van der Waals surface area contributed by atoms with Crippen LogP contribution >= 0.6 is 15.9 Å². The topological polar surface area (TPSA) is 38.5 Å². The number of hydrogen-bond acceptors (Lipinski definition) is 4. The molecule has 5 heteroatoms. The third-order valence-electron chi connectivity index (χ3n) is 5.03. The number of benzene rings is 2. The van der Waals surface area contributed by atoms with Crippen LogP contribution < -0.4 is 9.64 Å². The Morgan fingerprint density at radius 1 is 1.19 bits per heavy atom. The van der Waals surface area contributed by atoms with Crippen molar-refractivity contribution in [3.05, 3.63) is 64.1 Å². The van der Waals surface area contributed by atoms with Crippen LogP contribution in [-0.4, -0.2) is 18.8 Å². The van der Waals surface area contributed by atoms with E-state index in [9.17, 15) is 0 Å². The average molecular weight is 413 g/mol. The maximum atomic E-state index is 5.80. The summed E-state index contributed by atoms with van der Waals surface area (Å²) in [6.07, 6.45) is 2.07. The van der Waals surface area contributed by atoms with Gasteiger partial charge in [0.1, 0.15) is 5.75 Å². The van der Waals surface area contributed by atoms with Gasteiger partial charge in [0.15, 0.2) is 11.6 Å². The Bertz CT molecular complexity index is 908. The van der Waals surface area contributed by atoms with Gasteiger partial charge in [-0.2, -0.15) is 0 Å². The van der Waals surface area contributed by atoms with Gasteiger partial charge in [-0.1, -0.05) is 35.5 Å². The summed E-state index contributed by atoms with van der Waals surface area (Å²) >= 11 is 3.50. The number of methoxy groups -OCH3 is 1. The molecule has 1 atom stereocenters. The van der Waals surface area contributed by atoms with Crippen LogP contribution in [0.25, 0.3) is 11.3 Å². The van der Waals surface area contributed by atoms with Gasteiger partial charge < -0.3 is 14.2 Å². The monoisotopic (exact) mass is 412 g/mol. The fourth-order valence-electron chi connectivity index (χ4n) is 3.60. The third kappa shape index (κ3) is 3.01. The molecule has 0 N–H and O–H groups in total. The van der Waals surface area contributed by atoms with E-state index in [1.807, 2.05) is 24.3 Å². The molecule has 4 nitrogen and oxygen atoms in total. The van der Waals surface area contributed by atoms with Crippen molar-refractivity contribution in [2.45, 2.75) is 25.8 Å². The molecule has 1 aliphatic heterocycles. The van der Waals surface area contributed by atoms with Gasteiger partial charge in [0, 0.05) is 17.7 Å². The fourth-order valence-corrected chi connectivity index (χ4v) is 4.01. The summed E-state index contributed by atoms with van der Waals surface area (Å²) < 4.78 is 12.1. The zero-order chi connectivity index (χ0) is 18.1. The van der Waals surface area contributed by atoms with Gasteiger partial charge in [-0.15, -0.1) is 0 Å². The second-order valence-electron chi connectivity index (χ2n) is 6.55. The Hall–Kier alpha value is -2.27.